The lowest BCUT2D eigenvalue weighted by Gasteiger charge is -2.35. The molecule has 0 spiro atoms. The van der Waals surface area contributed by atoms with Crippen LogP contribution in [0.1, 0.15) is 24.9 Å². The first-order valence-corrected chi connectivity index (χ1v) is 7.91. The number of halogens is 2. The van der Waals surface area contributed by atoms with Gasteiger partial charge in [-0.1, -0.05) is 15.9 Å². The molecule has 2 N–H and O–H groups in total. The summed E-state index contributed by atoms with van der Waals surface area (Å²) in [4.78, 5) is 4.75. The number of nitrogens with zero attached hydrogens (tertiary/aromatic N) is 2. The Bertz CT molecular complexity index is 455. The molecule has 1 aliphatic heterocycles. The lowest BCUT2D eigenvalue weighted by molar-refractivity contribution is 0.145. The van der Waals surface area contributed by atoms with Crippen molar-refractivity contribution in [3.8, 4) is 0 Å². The van der Waals surface area contributed by atoms with E-state index in [9.17, 15) is 4.39 Å². The number of hydrogen-bond donors (Lipinski definition) is 1. The number of likely N-dealkylation sites (N-methyl/N-ethyl adjacent to an activating group) is 1. The van der Waals surface area contributed by atoms with Gasteiger partial charge in [0.25, 0.3) is 0 Å². The molecule has 2 rings (SSSR count). The zero-order valence-electron chi connectivity index (χ0n) is 12.1. The predicted molar refractivity (Wildman–Crippen MR) is 84.2 cm³/mol. The van der Waals surface area contributed by atoms with Crippen LogP contribution in [-0.4, -0.2) is 49.1 Å². The highest BCUT2D eigenvalue weighted by Gasteiger charge is 2.28. The van der Waals surface area contributed by atoms with E-state index in [0.717, 1.165) is 36.1 Å². The highest BCUT2D eigenvalue weighted by atomic mass is 79.9. The molecule has 0 bridgehead atoms. The average Bonchev–Trinajstić information content (AvgIpc) is 2.56. The number of hydrogen-bond acceptors (Lipinski definition) is 3. The van der Waals surface area contributed by atoms with E-state index in [1.807, 2.05) is 0 Å². The van der Waals surface area contributed by atoms with Gasteiger partial charge in [-0.25, -0.2) is 4.39 Å². The Morgan fingerprint density at radius 3 is 2.90 bits per heavy atom. The number of rotatable bonds is 3. The summed E-state index contributed by atoms with van der Waals surface area (Å²) < 4.78 is 14.5. The van der Waals surface area contributed by atoms with E-state index in [-0.39, 0.29) is 11.9 Å². The van der Waals surface area contributed by atoms with E-state index >= 15 is 0 Å². The molecule has 3 nitrogen and oxygen atoms in total. The zero-order valence-corrected chi connectivity index (χ0v) is 13.7. The summed E-state index contributed by atoms with van der Waals surface area (Å²) in [5.41, 5.74) is 6.95. The molecule has 112 valence electrons. The van der Waals surface area contributed by atoms with Gasteiger partial charge in [0.1, 0.15) is 5.82 Å². The average molecular weight is 344 g/mol. The summed E-state index contributed by atoms with van der Waals surface area (Å²) in [7, 11) is 2.15. The maximum Gasteiger partial charge on any atom is 0.123 e. The second kappa shape index (κ2) is 6.98. The Labute approximate surface area is 129 Å². The Morgan fingerprint density at radius 2 is 2.20 bits per heavy atom. The minimum absolute atomic E-state index is 0.0570. The molecular formula is C15H23BrFN3. The molecule has 1 fully saturated rings. The van der Waals surface area contributed by atoms with Crippen LogP contribution in [0.15, 0.2) is 22.7 Å². The molecule has 0 saturated carbocycles. The summed E-state index contributed by atoms with van der Waals surface area (Å²) in [5.74, 6) is -0.207. The highest BCUT2D eigenvalue weighted by molar-refractivity contribution is 9.10. The molecular weight excluding hydrogens is 321 g/mol. The minimum Gasteiger partial charge on any atom is -0.329 e. The second-order valence-electron chi connectivity index (χ2n) is 5.62. The summed E-state index contributed by atoms with van der Waals surface area (Å²) >= 11 is 3.53. The van der Waals surface area contributed by atoms with E-state index in [2.05, 4.69) is 39.7 Å². The van der Waals surface area contributed by atoms with Gasteiger partial charge < -0.3 is 10.6 Å². The van der Waals surface area contributed by atoms with E-state index in [0.29, 0.717) is 12.6 Å². The molecule has 20 heavy (non-hydrogen) atoms. The predicted octanol–water partition coefficient (Wildman–Crippen LogP) is 2.61. The van der Waals surface area contributed by atoms with Gasteiger partial charge in [-0.2, -0.15) is 0 Å². The second-order valence-corrected chi connectivity index (χ2v) is 6.47. The maximum absolute atomic E-state index is 13.6. The minimum atomic E-state index is -0.207. The van der Waals surface area contributed by atoms with Gasteiger partial charge in [0.15, 0.2) is 0 Å². The van der Waals surface area contributed by atoms with Crippen molar-refractivity contribution in [3.05, 3.63) is 34.1 Å². The smallest absolute Gasteiger partial charge is 0.123 e. The van der Waals surface area contributed by atoms with Crippen LogP contribution in [0.5, 0.6) is 0 Å². The standard InChI is InChI=1S/C15H23BrFN3/c1-11-10-19(2)6-3-7-20(11)15(9-18)13-8-12(17)4-5-14(13)16/h4-5,8,11,15H,3,6-7,9-10,18H2,1-2H3. The van der Waals surface area contributed by atoms with Crippen LogP contribution >= 0.6 is 15.9 Å². The Hall–Kier alpha value is -0.490. The Morgan fingerprint density at radius 1 is 1.45 bits per heavy atom. The molecule has 0 amide bonds. The molecule has 1 aliphatic rings. The van der Waals surface area contributed by atoms with Crippen LogP contribution in [0, 0.1) is 5.82 Å². The van der Waals surface area contributed by atoms with E-state index in [1.165, 1.54) is 6.07 Å². The van der Waals surface area contributed by atoms with Crippen LogP contribution in [0.2, 0.25) is 0 Å². The molecule has 1 heterocycles. The van der Waals surface area contributed by atoms with Crippen LogP contribution in [0.3, 0.4) is 0 Å². The van der Waals surface area contributed by atoms with Crippen LogP contribution in [-0.2, 0) is 0 Å². The third-order valence-electron chi connectivity index (χ3n) is 4.04. The molecule has 0 radical (unpaired) electrons. The van der Waals surface area contributed by atoms with Crippen molar-refractivity contribution >= 4 is 15.9 Å². The summed E-state index contributed by atoms with van der Waals surface area (Å²) in [6.45, 7) is 5.83. The van der Waals surface area contributed by atoms with Crippen molar-refractivity contribution < 1.29 is 4.39 Å². The van der Waals surface area contributed by atoms with Gasteiger partial charge in [-0.05, 0) is 50.7 Å². The molecule has 1 aromatic carbocycles. The molecule has 1 saturated heterocycles. The topological polar surface area (TPSA) is 32.5 Å². The third kappa shape index (κ3) is 3.58. The zero-order chi connectivity index (χ0) is 14.7. The Kier molecular flexibility index (Phi) is 5.55. The highest BCUT2D eigenvalue weighted by Crippen LogP contribution is 2.30. The lowest BCUT2D eigenvalue weighted by atomic mass is 10.0. The van der Waals surface area contributed by atoms with Crippen molar-refractivity contribution in [1.82, 2.24) is 9.80 Å². The molecule has 2 unspecified atom stereocenters. The SMILES string of the molecule is CC1CN(C)CCCN1C(CN)c1cc(F)ccc1Br. The van der Waals surface area contributed by atoms with Crippen molar-refractivity contribution in [1.29, 1.82) is 0 Å². The lowest BCUT2D eigenvalue weighted by Crippen LogP contribution is -2.43. The largest absolute Gasteiger partial charge is 0.329 e. The van der Waals surface area contributed by atoms with E-state index < -0.39 is 0 Å². The van der Waals surface area contributed by atoms with E-state index in [1.54, 1.807) is 12.1 Å². The van der Waals surface area contributed by atoms with Crippen molar-refractivity contribution in [2.45, 2.75) is 25.4 Å². The fraction of sp³-hybridized carbons (Fsp3) is 0.600. The van der Waals surface area contributed by atoms with Gasteiger partial charge >= 0.3 is 0 Å². The summed E-state index contributed by atoms with van der Waals surface area (Å²) in [5, 5.41) is 0. The van der Waals surface area contributed by atoms with Crippen LogP contribution in [0.4, 0.5) is 4.39 Å². The first kappa shape index (κ1) is 15.9. The molecule has 2 atom stereocenters. The fourth-order valence-corrected chi connectivity index (χ4v) is 3.58. The molecule has 1 aromatic rings. The quantitative estimate of drug-likeness (QED) is 0.915. The summed E-state index contributed by atoms with van der Waals surface area (Å²) in [6, 6.07) is 5.30. The molecule has 0 aliphatic carbocycles. The van der Waals surface area contributed by atoms with Crippen molar-refractivity contribution in [2.24, 2.45) is 5.73 Å². The fourth-order valence-electron chi connectivity index (χ4n) is 3.06. The normalized spacial score (nSPS) is 23.6. The van der Waals surface area contributed by atoms with Crippen molar-refractivity contribution in [3.63, 3.8) is 0 Å². The van der Waals surface area contributed by atoms with E-state index in [4.69, 9.17) is 5.73 Å². The van der Waals surface area contributed by atoms with Gasteiger partial charge in [0.05, 0.1) is 0 Å². The third-order valence-corrected chi connectivity index (χ3v) is 4.76. The first-order chi connectivity index (χ1) is 9.52. The molecule has 0 aromatic heterocycles. The Balaban J connectivity index is 2.28. The van der Waals surface area contributed by atoms with Gasteiger partial charge in [-0.15, -0.1) is 0 Å². The first-order valence-electron chi connectivity index (χ1n) is 7.12. The monoisotopic (exact) mass is 343 g/mol. The maximum atomic E-state index is 13.6. The number of nitrogens with two attached hydrogens (primary N) is 1. The van der Waals surface area contributed by atoms with Crippen LogP contribution < -0.4 is 5.73 Å². The summed E-state index contributed by atoms with van der Waals surface area (Å²) in [6.07, 6.45) is 1.12. The van der Waals surface area contributed by atoms with Crippen LogP contribution in [0.25, 0.3) is 0 Å². The number of benzene rings is 1. The van der Waals surface area contributed by atoms with Gasteiger partial charge in [0.2, 0.25) is 0 Å². The van der Waals surface area contributed by atoms with Crippen molar-refractivity contribution in [2.75, 3.05) is 33.2 Å². The van der Waals surface area contributed by atoms with Gasteiger partial charge in [-0.3, -0.25) is 4.90 Å². The van der Waals surface area contributed by atoms with Gasteiger partial charge in [0, 0.05) is 36.2 Å². The molecule has 5 heteroatoms.